The maximum absolute atomic E-state index is 11.9. The summed E-state index contributed by atoms with van der Waals surface area (Å²) in [6.45, 7) is 2.28. The van der Waals surface area contributed by atoms with Gasteiger partial charge in [-0.15, -0.1) is 0 Å². The van der Waals surface area contributed by atoms with Crippen molar-refractivity contribution in [2.24, 2.45) is 12.8 Å². The minimum Gasteiger partial charge on any atom is -0.348 e. The first-order chi connectivity index (χ1) is 7.16. The second-order valence-corrected chi connectivity index (χ2v) is 4.21. The van der Waals surface area contributed by atoms with E-state index in [-0.39, 0.29) is 11.8 Å². The van der Waals surface area contributed by atoms with Gasteiger partial charge in [-0.3, -0.25) is 9.69 Å². The number of ketones is 1. The lowest BCUT2D eigenvalue weighted by Gasteiger charge is -2.13. The standard InChI is InChI=1S/C11H17N3O/c1-13-5-2-3-10(13)11(15)8-14-6-4-9(12)7-14/h2-3,5,9H,4,6-8,12H2,1H3. The number of aromatic nitrogens is 1. The Balaban J connectivity index is 1.96. The van der Waals surface area contributed by atoms with Crippen LogP contribution in [0.1, 0.15) is 16.9 Å². The molecule has 0 radical (unpaired) electrons. The van der Waals surface area contributed by atoms with E-state index in [1.165, 1.54) is 0 Å². The van der Waals surface area contributed by atoms with Crippen LogP contribution in [0.2, 0.25) is 0 Å². The number of nitrogens with two attached hydrogens (primary N) is 1. The molecule has 2 heterocycles. The molecule has 1 fully saturated rings. The highest BCUT2D eigenvalue weighted by molar-refractivity contribution is 5.96. The molecule has 1 aromatic rings. The summed E-state index contributed by atoms with van der Waals surface area (Å²) in [6.07, 6.45) is 2.89. The van der Waals surface area contributed by atoms with Crippen molar-refractivity contribution in [2.75, 3.05) is 19.6 Å². The molecule has 0 aliphatic carbocycles. The van der Waals surface area contributed by atoms with E-state index >= 15 is 0 Å². The van der Waals surface area contributed by atoms with Gasteiger partial charge in [-0.2, -0.15) is 0 Å². The molecule has 1 atom stereocenters. The zero-order valence-corrected chi connectivity index (χ0v) is 9.02. The molecule has 1 saturated heterocycles. The third-order valence-corrected chi connectivity index (χ3v) is 2.91. The summed E-state index contributed by atoms with van der Waals surface area (Å²) in [7, 11) is 1.89. The summed E-state index contributed by atoms with van der Waals surface area (Å²) in [5.41, 5.74) is 6.56. The minimum atomic E-state index is 0.177. The lowest BCUT2D eigenvalue weighted by molar-refractivity contribution is 0.0937. The van der Waals surface area contributed by atoms with E-state index < -0.39 is 0 Å². The van der Waals surface area contributed by atoms with Crippen LogP contribution in [0.25, 0.3) is 0 Å². The number of carbonyl (C=O) groups is 1. The van der Waals surface area contributed by atoms with Crippen molar-refractivity contribution < 1.29 is 4.79 Å². The Labute approximate surface area is 89.7 Å². The van der Waals surface area contributed by atoms with Gasteiger partial charge in [0.05, 0.1) is 12.2 Å². The molecule has 0 saturated carbocycles. The molecule has 2 N–H and O–H groups in total. The molecular formula is C11H17N3O. The van der Waals surface area contributed by atoms with Crippen LogP contribution >= 0.6 is 0 Å². The number of likely N-dealkylation sites (tertiary alicyclic amines) is 1. The van der Waals surface area contributed by atoms with Gasteiger partial charge in [-0.05, 0) is 18.6 Å². The first kappa shape index (κ1) is 10.4. The molecule has 4 nitrogen and oxygen atoms in total. The van der Waals surface area contributed by atoms with Gasteiger partial charge in [-0.1, -0.05) is 0 Å². The van der Waals surface area contributed by atoms with Gasteiger partial charge in [0.15, 0.2) is 5.78 Å². The van der Waals surface area contributed by atoms with Crippen molar-refractivity contribution in [1.29, 1.82) is 0 Å². The van der Waals surface area contributed by atoms with Gasteiger partial charge < -0.3 is 10.3 Å². The van der Waals surface area contributed by atoms with Crippen LogP contribution < -0.4 is 5.73 Å². The largest absolute Gasteiger partial charge is 0.348 e. The van der Waals surface area contributed by atoms with Gasteiger partial charge in [-0.25, -0.2) is 0 Å². The highest BCUT2D eigenvalue weighted by atomic mass is 16.1. The Bertz CT molecular complexity index is 358. The number of aryl methyl sites for hydroxylation is 1. The maximum atomic E-state index is 11.9. The lowest BCUT2D eigenvalue weighted by atomic mass is 10.2. The smallest absolute Gasteiger partial charge is 0.193 e. The maximum Gasteiger partial charge on any atom is 0.193 e. The lowest BCUT2D eigenvalue weighted by Crippen LogP contribution is -2.31. The number of hydrogen-bond acceptors (Lipinski definition) is 3. The first-order valence-corrected chi connectivity index (χ1v) is 5.29. The highest BCUT2D eigenvalue weighted by Gasteiger charge is 2.22. The average molecular weight is 207 g/mol. The predicted molar refractivity (Wildman–Crippen MR) is 58.8 cm³/mol. The normalized spacial score (nSPS) is 22.1. The second kappa shape index (κ2) is 4.16. The van der Waals surface area contributed by atoms with Crippen LogP contribution in [0.5, 0.6) is 0 Å². The number of nitrogens with zero attached hydrogens (tertiary/aromatic N) is 2. The summed E-state index contributed by atoms with van der Waals surface area (Å²) in [5, 5.41) is 0. The summed E-state index contributed by atoms with van der Waals surface area (Å²) in [4.78, 5) is 14.0. The molecule has 0 spiro atoms. The molecule has 2 rings (SSSR count). The Morgan fingerprint density at radius 1 is 1.67 bits per heavy atom. The zero-order chi connectivity index (χ0) is 10.8. The monoisotopic (exact) mass is 207 g/mol. The van der Waals surface area contributed by atoms with E-state index in [0.29, 0.717) is 6.54 Å². The Hall–Kier alpha value is -1.13. The zero-order valence-electron chi connectivity index (χ0n) is 9.02. The van der Waals surface area contributed by atoms with E-state index in [4.69, 9.17) is 5.73 Å². The summed E-state index contributed by atoms with van der Waals surface area (Å²) >= 11 is 0. The van der Waals surface area contributed by atoms with Crippen molar-refractivity contribution in [2.45, 2.75) is 12.5 Å². The van der Waals surface area contributed by atoms with E-state index in [1.807, 2.05) is 29.9 Å². The van der Waals surface area contributed by atoms with Gasteiger partial charge in [0.25, 0.3) is 0 Å². The molecule has 0 bridgehead atoms. The van der Waals surface area contributed by atoms with Gasteiger partial charge in [0.1, 0.15) is 0 Å². The SMILES string of the molecule is Cn1cccc1C(=O)CN1CCC(N)C1. The van der Waals surface area contributed by atoms with Gasteiger partial charge in [0.2, 0.25) is 0 Å². The van der Waals surface area contributed by atoms with Crippen LogP contribution in [0.4, 0.5) is 0 Å². The van der Waals surface area contributed by atoms with Gasteiger partial charge in [0, 0.05) is 32.4 Å². The van der Waals surface area contributed by atoms with E-state index in [1.54, 1.807) is 0 Å². The van der Waals surface area contributed by atoms with Crippen molar-refractivity contribution >= 4 is 5.78 Å². The third kappa shape index (κ3) is 2.27. The highest BCUT2D eigenvalue weighted by Crippen LogP contribution is 2.09. The molecule has 1 aliphatic heterocycles. The van der Waals surface area contributed by atoms with Crippen LogP contribution in [-0.4, -0.2) is 40.9 Å². The van der Waals surface area contributed by atoms with Crippen molar-refractivity contribution in [3.05, 3.63) is 24.0 Å². The Kier molecular flexibility index (Phi) is 2.88. The molecule has 0 amide bonds. The Morgan fingerprint density at radius 2 is 2.47 bits per heavy atom. The molecule has 1 aromatic heterocycles. The summed E-state index contributed by atoms with van der Waals surface area (Å²) < 4.78 is 1.86. The van der Waals surface area contributed by atoms with Crippen LogP contribution in [-0.2, 0) is 7.05 Å². The fraction of sp³-hybridized carbons (Fsp3) is 0.545. The molecule has 4 heteroatoms. The molecule has 1 aliphatic rings. The van der Waals surface area contributed by atoms with Crippen molar-refractivity contribution in [3.63, 3.8) is 0 Å². The Morgan fingerprint density at radius 3 is 3.00 bits per heavy atom. The molecule has 15 heavy (non-hydrogen) atoms. The predicted octanol–water partition coefficient (Wildman–Crippen LogP) is 0.241. The quantitative estimate of drug-likeness (QED) is 0.722. The number of carbonyl (C=O) groups excluding carboxylic acids is 1. The van der Waals surface area contributed by atoms with Crippen LogP contribution in [0.3, 0.4) is 0 Å². The second-order valence-electron chi connectivity index (χ2n) is 4.21. The minimum absolute atomic E-state index is 0.177. The summed E-state index contributed by atoms with van der Waals surface area (Å²) in [6, 6.07) is 3.99. The number of hydrogen-bond donors (Lipinski definition) is 1. The third-order valence-electron chi connectivity index (χ3n) is 2.91. The van der Waals surface area contributed by atoms with Crippen molar-refractivity contribution in [1.82, 2.24) is 9.47 Å². The van der Waals surface area contributed by atoms with Crippen molar-refractivity contribution in [3.8, 4) is 0 Å². The molecule has 82 valence electrons. The first-order valence-electron chi connectivity index (χ1n) is 5.29. The number of Topliss-reactive ketones (excluding diaryl/α,β-unsaturated/α-hetero) is 1. The van der Waals surface area contributed by atoms with E-state index in [9.17, 15) is 4.79 Å². The fourth-order valence-corrected chi connectivity index (χ4v) is 2.04. The number of rotatable bonds is 3. The van der Waals surface area contributed by atoms with E-state index in [2.05, 4.69) is 4.90 Å². The van der Waals surface area contributed by atoms with Crippen LogP contribution in [0.15, 0.2) is 18.3 Å². The fourth-order valence-electron chi connectivity index (χ4n) is 2.04. The average Bonchev–Trinajstić information content (AvgIpc) is 2.75. The summed E-state index contributed by atoms with van der Waals surface area (Å²) in [5.74, 6) is 0.177. The van der Waals surface area contributed by atoms with Gasteiger partial charge >= 0.3 is 0 Å². The van der Waals surface area contributed by atoms with Crippen LogP contribution in [0, 0.1) is 0 Å². The topological polar surface area (TPSA) is 51.3 Å². The molecule has 1 unspecified atom stereocenters. The van der Waals surface area contributed by atoms with E-state index in [0.717, 1.165) is 25.2 Å². The molecular weight excluding hydrogens is 190 g/mol. The molecule has 0 aromatic carbocycles.